The summed E-state index contributed by atoms with van der Waals surface area (Å²) in [4.78, 5) is 0. The molecule has 0 aliphatic heterocycles. The molecule has 0 atom stereocenters. The summed E-state index contributed by atoms with van der Waals surface area (Å²) >= 11 is 0. The third-order valence-corrected chi connectivity index (χ3v) is 2.85. The van der Waals surface area contributed by atoms with Gasteiger partial charge in [-0.15, -0.1) is 0 Å². The van der Waals surface area contributed by atoms with Crippen molar-refractivity contribution in [2.45, 2.75) is 31.7 Å². The molecule has 0 aromatic carbocycles. The molecule has 0 aromatic heterocycles. The van der Waals surface area contributed by atoms with Crippen LogP contribution in [0.15, 0.2) is 12.2 Å². The number of rotatable bonds is 6. The molecular weight excluding hydrogens is 160 g/mol. The van der Waals surface area contributed by atoms with Gasteiger partial charge in [0.05, 0.1) is 0 Å². The lowest BCUT2D eigenvalue weighted by Crippen LogP contribution is -2.31. The molecule has 2 heteroatoms. The van der Waals surface area contributed by atoms with E-state index in [4.69, 9.17) is 0 Å². The average Bonchev–Trinajstić information content (AvgIpc) is 2.81. The fourth-order valence-corrected chi connectivity index (χ4v) is 1.80. The van der Waals surface area contributed by atoms with Crippen LogP contribution in [0.1, 0.15) is 25.7 Å². The first-order valence-corrected chi connectivity index (χ1v) is 5.54. The van der Waals surface area contributed by atoms with Crippen molar-refractivity contribution in [1.29, 1.82) is 0 Å². The molecule has 0 aromatic rings. The highest BCUT2D eigenvalue weighted by Crippen LogP contribution is 2.18. The van der Waals surface area contributed by atoms with Crippen molar-refractivity contribution in [3.63, 3.8) is 0 Å². The minimum absolute atomic E-state index is 0.856. The lowest BCUT2D eigenvalue weighted by atomic mass is 10.1. The molecule has 0 amide bonds. The van der Waals surface area contributed by atoms with Crippen molar-refractivity contribution in [2.75, 3.05) is 19.6 Å². The normalized spacial score (nSPS) is 22.8. The summed E-state index contributed by atoms with van der Waals surface area (Å²) in [6.45, 7) is 3.47. The summed E-state index contributed by atoms with van der Waals surface area (Å²) in [5.74, 6) is 0.876. The molecule has 1 saturated carbocycles. The number of hydrogen-bond donors (Lipinski definition) is 2. The van der Waals surface area contributed by atoms with Crippen LogP contribution >= 0.6 is 0 Å². The first-order valence-electron chi connectivity index (χ1n) is 5.54. The quantitative estimate of drug-likeness (QED) is 0.475. The predicted octanol–water partition coefficient (Wildman–Crippen LogP) is 1.29. The van der Waals surface area contributed by atoms with Gasteiger partial charge in [-0.25, -0.2) is 0 Å². The first-order chi connectivity index (χ1) is 6.45. The van der Waals surface area contributed by atoms with Gasteiger partial charge in [0.2, 0.25) is 0 Å². The second kappa shape index (κ2) is 4.77. The van der Waals surface area contributed by atoms with E-state index in [2.05, 4.69) is 22.8 Å². The Morgan fingerprint density at radius 3 is 2.54 bits per heavy atom. The van der Waals surface area contributed by atoms with Gasteiger partial charge in [0.1, 0.15) is 0 Å². The average molecular weight is 180 g/mol. The third kappa shape index (κ3) is 3.49. The lowest BCUT2D eigenvalue weighted by molar-refractivity contribution is 0.495. The molecule has 0 unspecified atom stereocenters. The molecule has 0 saturated heterocycles. The molecule has 1 fully saturated rings. The molecule has 0 radical (unpaired) electrons. The molecule has 2 rings (SSSR count). The van der Waals surface area contributed by atoms with Crippen LogP contribution in [0.3, 0.4) is 0 Å². The van der Waals surface area contributed by atoms with Crippen LogP contribution in [0.5, 0.6) is 0 Å². The lowest BCUT2D eigenvalue weighted by Gasteiger charge is -2.10. The number of nitrogens with one attached hydrogen (secondary N) is 2. The van der Waals surface area contributed by atoms with Gasteiger partial charge in [0.25, 0.3) is 0 Å². The van der Waals surface area contributed by atoms with E-state index < -0.39 is 0 Å². The highest BCUT2D eigenvalue weighted by Gasteiger charge is 2.19. The molecule has 74 valence electrons. The van der Waals surface area contributed by atoms with Gasteiger partial charge in [-0.1, -0.05) is 12.2 Å². The second-order valence-electron chi connectivity index (χ2n) is 4.24. The van der Waals surface area contributed by atoms with Crippen LogP contribution in [-0.4, -0.2) is 25.7 Å². The Morgan fingerprint density at radius 1 is 1.08 bits per heavy atom. The largest absolute Gasteiger partial charge is 0.315 e. The van der Waals surface area contributed by atoms with Crippen molar-refractivity contribution in [3.05, 3.63) is 12.2 Å². The Balaban J connectivity index is 1.39. The standard InChI is InChI=1S/C11H20N2/c1-2-4-10(3-1)9-12-7-8-13-11-5-6-11/h1-2,10-13H,3-9H2. The maximum Gasteiger partial charge on any atom is 0.00793 e. The summed E-state index contributed by atoms with van der Waals surface area (Å²) in [6.07, 6.45) is 9.95. The topological polar surface area (TPSA) is 24.1 Å². The van der Waals surface area contributed by atoms with Crippen LogP contribution in [0.25, 0.3) is 0 Å². The molecule has 0 spiro atoms. The predicted molar refractivity (Wildman–Crippen MR) is 55.8 cm³/mol. The maximum absolute atomic E-state index is 3.51. The van der Waals surface area contributed by atoms with Crippen LogP contribution < -0.4 is 10.6 Å². The monoisotopic (exact) mass is 180 g/mol. The summed E-state index contributed by atoms with van der Waals surface area (Å²) in [6, 6.07) is 0.856. The van der Waals surface area contributed by atoms with Crippen LogP contribution in [0.2, 0.25) is 0 Å². The van der Waals surface area contributed by atoms with Gasteiger partial charge in [-0.05, 0) is 38.1 Å². The number of allylic oxidation sites excluding steroid dienone is 2. The van der Waals surface area contributed by atoms with Crippen molar-refractivity contribution in [1.82, 2.24) is 10.6 Å². The van der Waals surface area contributed by atoms with E-state index in [-0.39, 0.29) is 0 Å². The van der Waals surface area contributed by atoms with Gasteiger partial charge >= 0.3 is 0 Å². The maximum atomic E-state index is 3.51. The summed E-state index contributed by atoms with van der Waals surface area (Å²) < 4.78 is 0. The Kier molecular flexibility index (Phi) is 3.39. The van der Waals surface area contributed by atoms with Gasteiger partial charge in [-0.2, -0.15) is 0 Å². The number of hydrogen-bond acceptors (Lipinski definition) is 2. The minimum Gasteiger partial charge on any atom is -0.315 e. The third-order valence-electron chi connectivity index (χ3n) is 2.85. The highest BCUT2D eigenvalue weighted by molar-refractivity contribution is 4.94. The van der Waals surface area contributed by atoms with E-state index in [0.717, 1.165) is 25.0 Å². The Hall–Kier alpha value is -0.340. The highest BCUT2D eigenvalue weighted by atomic mass is 15.0. The molecule has 2 aliphatic rings. The van der Waals surface area contributed by atoms with Gasteiger partial charge < -0.3 is 10.6 Å². The molecule has 0 heterocycles. The molecule has 0 bridgehead atoms. The van der Waals surface area contributed by atoms with E-state index in [1.165, 1.54) is 32.2 Å². The van der Waals surface area contributed by atoms with Crippen molar-refractivity contribution in [2.24, 2.45) is 5.92 Å². The van der Waals surface area contributed by atoms with E-state index in [1.54, 1.807) is 0 Å². The first kappa shape index (κ1) is 9.22. The Labute approximate surface area is 80.8 Å². The summed E-state index contributed by atoms with van der Waals surface area (Å²) in [7, 11) is 0. The molecule has 2 N–H and O–H groups in total. The Bertz CT molecular complexity index is 165. The fourth-order valence-electron chi connectivity index (χ4n) is 1.80. The molecule has 13 heavy (non-hydrogen) atoms. The van der Waals surface area contributed by atoms with Crippen LogP contribution in [-0.2, 0) is 0 Å². The van der Waals surface area contributed by atoms with Gasteiger partial charge in [-0.3, -0.25) is 0 Å². The van der Waals surface area contributed by atoms with E-state index in [9.17, 15) is 0 Å². The van der Waals surface area contributed by atoms with E-state index in [0.29, 0.717) is 0 Å². The van der Waals surface area contributed by atoms with Crippen molar-refractivity contribution >= 4 is 0 Å². The van der Waals surface area contributed by atoms with E-state index in [1.807, 2.05) is 0 Å². The van der Waals surface area contributed by atoms with E-state index >= 15 is 0 Å². The molecular formula is C11H20N2. The van der Waals surface area contributed by atoms with Crippen molar-refractivity contribution < 1.29 is 0 Å². The summed E-state index contributed by atoms with van der Waals surface area (Å²) in [5.41, 5.74) is 0. The fraction of sp³-hybridized carbons (Fsp3) is 0.818. The van der Waals surface area contributed by atoms with Gasteiger partial charge in [0, 0.05) is 19.1 Å². The van der Waals surface area contributed by atoms with Gasteiger partial charge in [0.15, 0.2) is 0 Å². The zero-order valence-corrected chi connectivity index (χ0v) is 8.26. The zero-order chi connectivity index (χ0) is 8.93. The summed E-state index contributed by atoms with van der Waals surface area (Å²) in [5, 5.41) is 7.01. The van der Waals surface area contributed by atoms with Crippen molar-refractivity contribution in [3.8, 4) is 0 Å². The second-order valence-corrected chi connectivity index (χ2v) is 4.24. The molecule has 2 aliphatic carbocycles. The van der Waals surface area contributed by atoms with Crippen LogP contribution in [0.4, 0.5) is 0 Å². The van der Waals surface area contributed by atoms with Crippen LogP contribution in [0, 0.1) is 5.92 Å². The zero-order valence-electron chi connectivity index (χ0n) is 8.26. The Morgan fingerprint density at radius 2 is 1.85 bits per heavy atom. The smallest absolute Gasteiger partial charge is 0.00793 e. The SMILES string of the molecule is C1=CCC(CNCCNC2CC2)C1. The molecule has 2 nitrogen and oxygen atoms in total. The minimum atomic E-state index is 0.856.